The zero-order valence-electron chi connectivity index (χ0n) is 15.7. The van der Waals surface area contributed by atoms with Crippen molar-refractivity contribution in [1.29, 1.82) is 0 Å². The lowest BCUT2D eigenvalue weighted by Gasteiger charge is -2.23. The number of amides is 1. The maximum absolute atomic E-state index is 13.6. The maximum atomic E-state index is 13.6. The largest absolute Gasteiger partial charge is 0.449 e. The van der Waals surface area contributed by atoms with Crippen LogP contribution in [0.2, 0.25) is 0 Å². The van der Waals surface area contributed by atoms with E-state index in [0.717, 1.165) is 38.4 Å². The van der Waals surface area contributed by atoms with Gasteiger partial charge in [-0.2, -0.15) is 0 Å². The second-order valence-corrected chi connectivity index (χ2v) is 6.75. The van der Waals surface area contributed by atoms with Gasteiger partial charge in [-0.15, -0.1) is 0 Å². The molecule has 1 heterocycles. The van der Waals surface area contributed by atoms with E-state index in [1.54, 1.807) is 18.2 Å². The Morgan fingerprint density at radius 1 is 1.14 bits per heavy atom. The van der Waals surface area contributed by atoms with Crippen molar-refractivity contribution in [2.75, 3.05) is 31.6 Å². The number of anilines is 1. The normalized spacial score (nSPS) is 15.6. The van der Waals surface area contributed by atoms with Gasteiger partial charge in [0, 0.05) is 5.56 Å². The van der Waals surface area contributed by atoms with Crippen LogP contribution in [0.1, 0.15) is 22.8 Å². The molecule has 1 aliphatic heterocycles. The first kappa shape index (κ1) is 20.0. The van der Waals surface area contributed by atoms with Crippen LogP contribution < -0.4 is 10.2 Å². The molecule has 7 heteroatoms. The molecule has 3 rings (SSSR count). The Bertz CT molecular complexity index is 819. The van der Waals surface area contributed by atoms with Crippen molar-refractivity contribution in [3.8, 4) is 0 Å². The predicted octanol–water partition coefficient (Wildman–Crippen LogP) is 1.42. The minimum absolute atomic E-state index is 0.0466. The molecule has 6 nitrogen and oxygen atoms in total. The minimum Gasteiger partial charge on any atom is -0.449 e. The van der Waals surface area contributed by atoms with Crippen LogP contribution in [0.5, 0.6) is 0 Å². The number of para-hydroxylation sites is 1. The fourth-order valence-electron chi connectivity index (χ4n) is 2.96. The van der Waals surface area contributed by atoms with Crippen molar-refractivity contribution in [3.63, 3.8) is 0 Å². The molecule has 2 aromatic rings. The molecule has 1 atom stereocenters. The third kappa shape index (κ3) is 5.37. The summed E-state index contributed by atoms with van der Waals surface area (Å²) in [5.74, 6) is -1.74. The summed E-state index contributed by atoms with van der Waals surface area (Å²) in [5, 5.41) is 2.42. The summed E-state index contributed by atoms with van der Waals surface area (Å²) in [6.07, 6.45) is -1.05. The number of hydrogen-bond acceptors (Lipinski definition) is 4. The lowest BCUT2D eigenvalue weighted by molar-refractivity contribution is -0.921. The zero-order valence-corrected chi connectivity index (χ0v) is 15.7. The number of hydrogen-bond donors (Lipinski definition) is 2. The summed E-state index contributed by atoms with van der Waals surface area (Å²) in [6, 6.07) is 13.0. The first-order chi connectivity index (χ1) is 13.5. The highest BCUT2D eigenvalue weighted by atomic mass is 19.1. The Morgan fingerprint density at radius 3 is 2.50 bits per heavy atom. The number of benzene rings is 2. The van der Waals surface area contributed by atoms with Crippen LogP contribution in [0.25, 0.3) is 0 Å². The van der Waals surface area contributed by atoms with Gasteiger partial charge in [0.1, 0.15) is 25.5 Å². The number of carbonyl (C=O) groups excluding carboxylic acids is 2. The fraction of sp³-hybridized carbons (Fsp3) is 0.333. The van der Waals surface area contributed by atoms with E-state index in [0.29, 0.717) is 5.56 Å². The number of halogens is 1. The summed E-state index contributed by atoms with van der Waals surface area (Å²) >= 11 is 0. The molecule has 0 spiro atoms. The summed E-state index contributed by atoms with van der Waals surface area (Å²) in [4.78, 5) is 25.9. The third-order valence-electron chi connectivity index (χ3n) is 4.63. The van der Waals surface area contributed by atoms with Crippen molar-refractivity contribution in [1.82, 2.24) is 0 Å². The molecule has 28 heavy (non-hydrogen) atoms. The molecule has 0 saturated carbocycles. The van der Waals surface area contributed by atoms with E-state index in [-0.39, 0.29) is 5.69 Å². The summed E-state index contributed by atoms with van der Waals surface area (Å²) < 4.78 is 24.2. The number of nitrogens with one attached hydrogen (secondary N) is 2. The van der Waals surface area contributed by atoms with E-state index in [2.05, 4.69) is 5.32 Å². The maximum Gasteiger partial charge on any atom is 0.338 e. The van der Waals surface area contributed by atoms with E-state index in [4.69, 9.17) is 9.47 Å². The average molecular weight is 387 g/mol. The Hall–Kier alpha value is -2.77. The van der Waals surface area contributed by atoms with Gasteiger partial charge in [-0.3, -0.25) is 4.79 Å². The molecule has 1 amide bonds. The highest BCUT2D eigenvalue weighted by Crippen LogP contribution is 2.14. The molecular formula is C21H24FN2O4+. The Kier molecular flexibility index (Phi) is 6.73. The highest BCUT2D eigenvalue weighted by molar-refractivity contribution is 5.97. The van der Waals surface area contributed by atoms with Crippen LogP contribution in [0.4, 0.5) is 10.1 Å². The van der Waals surface area contributed by atoms with Crippen molar-refractivity contribution in [2.24, 2.45) is 0 Å². The quantitative estimate of drug-likeness (QED) is 0.736. The Morgan fingerprint density at radius 2 is 1.82 bits per heavy atom. The van der Waals surface area contributed by atoms with Gasteiger partial charge < -0.3 is 19.7 Å². The molecule has 0 radical (unpaired) electrons. The van der Waals surface area contributed by atoms with Gasteiger partial charge in [0.05, 0.1) is 24.5 Å². The minimum atomic E-state index is -1.05. The molecule has 0 aliphatic carbocycles. The van der Waals surface area contributed by atoms with E-state index < -0.39 is 23.8 Å². The molecule has 0 aromatic heterocycles. The van der Waals surface area contributed by atoms with Gasteiger partial charge in [-0.25, -0.2) is 9.18 Å². The first-order valence-electron chi connectivity index (χ1n) is 9.29. The summed E-state index contributed by atoms with van der Waals surface area (Å²) in [7, 11) is 0. The number of ether oxygens (including phenoxy) is 2. The van der Waals surface area contributed by atoms with Gasteiger partial charge in [0.2, 0.25) is 0 Å². The molecule has 148 valence electrons. The van der Waals surface area contributed by atoms with Crippen LogP contribution in [0.3, 0.4) is 0 Å². The van der Waals surface area contributed by atoms with Gasteiger partial charge in [-0.05, 0) is 31.2 Å². The first-order valence-corrected chi connectivity index (χ1v) is 9.29. The van der Waals surface area contributed by atoms with Gasteiger partial charge >= 0.3 is 5.97 Å². The zero-order chi connectivity index (χ0) is 19.9. The second kappa shape index (κ2) is 9.43. The average Bonchev–Trinajstić information content (AvgIpc) is 2.71. The van der Waals surface area contributed by atoms with Crippen LogP contribution in [0.15, 0.2) is 48.5 Å². The third-order valence-corrected chi connectivity index (χ3v) is 4.63. The summed E-state index contributed by atoms with van der Waals surface area (Å²) in [5.41, 5.74) is 1.54. The monoisotopic (exact) mass is 387 g/mol. The number of rotatable bonds is 6. The number of morpholine rings is 1. The smallest absolute Gasteiger partial charge is 0.338 e. The Balaban J connectivity index is 1.53. The van der Waals surface area contributed by atoms with Crippen LogP contribution in [0, 0.1) is 5.82 Å². The molecule has 2 aromatic carbocycles. The van der Waals surface area contributed by atoms with Crippen LogP contribution in [-0.4, -0.2) is 44.3 Å². The van der Waals surface area contributed by atoms with Gasteiger partial charge in [0.15, 0.2) is 6.10 Å². The van der Waals surface area contributed by atoms with E-state index in [1.165, 1.54) is 30.0 Å². The SMILES string of the molecule is C[C@H](OC(=O)c1ccc(C[NH+]2CCOCC2)cc1)C(=O)Nc1ccccc1F. The van der Waals surface area contributed by atoms with Crippen LogP contribution >= 0.6 is 0 Å². The van der Waals surface area contributed by atoms with E-state index >= 15 is 0 Å². The molecule has 0 unspecified atom stereocenters. The highest BCUT2D eigenvalue weighted by Gasteiger charge is 2.20. The van der Waals surface area contributed by atoms with Crippen molar-refractivity contribution in [3.05, 3.63) is 65.5 Å². The number of carbonyl (C=O) groups is 2. The fourth-order valence-corrected chi connectivity index (χ4v) is 2.96. The molecule has 0 bridgehead atoms. The number of esters is 1. The van der Waals surface area contributed by atoms with Crippen molar-refractivity contribution >= 4 is 17.6 Å². The molecule has 1 saturated heterocycles. The molecule has 2 N–H and O–H groups in total. The lowest BCUT2D eigenvalue weighted by atomic mass is 10.1. The summed E-state index contributed by atoms with van der Waals surface area (Å²) in [6.45, 7) is 5.81. The topological polar surface area (TPSA) is 69.1 Å². The van der Waals surface area contributed by atoms with Crippen molar-refractivity contribution in [2.45, 2.75) is 19.6 Å². The van der Waals surface area contributed by atoms with E-state index in [1.807, 2.05) is 12.1 Å². The molecule has 1 fully saturated rings. The van der Waals surface area contributed by atoms with E-state index in [9.17, 15) is 14.0 Å². The standard InChI is InChI=1S/C21H23FN2O4/c1-15(20(25)23-19-5-3-2-4-18(19)22)28-21(26)17-8-6-16(7-9-17)14-24-10-12-27-13-11-24/h2-9,15H,10-14H2,1H3,(H,23,25)/p+1/t15-/m0/s1. The molecular weight excluding hydrogens is 363 g/mol. The van der Waals surface area contributed by atoms with Crippen molar-refractivity contribution < 1.29 is 28.4 Å². The van der Waals surface area contributed by atoms with Gasteiger partial charge in [-0.1, -0.05) is 24.3 Å². The predicted molar refractivity (Wildman–Crippen MR) is 102 cm³/mol. The molecule has 1 aliphatic rings. The van der Waals surface area contributed by atoms with Gasteiger partial charge in [0.25, 0.3) is 5.91 Å². The number of quaternary nitrogens is 1. The lowest BCUT2D eigenvalue weighted by Crippen LogP contribution is -3.12. The Labute approximate surface area is 163 Å². The second-order valence-electron chi connectivity index (χ2n) is 6.75. The van der Waals surface area contributed by atoms with Crippen LogP contribution in [-0.2, 0) is 20.8 Å².